The van der Waals surface area contributed by atoms with Gasteiger partial charge < -0.3 is 9.64 Å². The van der Waals surface area contributed by atoms with Gasteiger partial charge in [0, 0.05) is 11.6 Å². The van der Waals surface area contributed by atoms with Gasteiger partial charge in [0.25, 0.3) is 0 Å². The van der Waals surface area contributed by atoms with Gasteiger partial charge in [0.05, 0.1) is 12.6 Å². The van der Waals surface area contributed by atoms with Crippen molar-refractivity contribution in [1.29, 1.82) is 0 Å². The van der Waals surface area contributed by atoms with Crippen LogP contribution in [-0.4, -0.2) is 47.2 Å². The molecule has 3 rings (SSSR count). The number of amides is 2. The summed E-state index contributed by atoms with van der Waals surface area (Å²) in [7, 11) is 0. The van der Waals surface area contributed by atoms with E-state index < -0.39 is 12.0 Å². The second-order valence-electron chi connectivity index (χ2n) is 6.07. The molecule has 2 aliphatic heterocycles. The van der Waals surface area contributed by atoms with Crippen LogP contribution in [0, 0.1) is 0 Å². The summed E-state index contributed by atoms with van der Waals surface area (Å²) in [4.78, 5) is 32.1. The standard InChI is InChI=1S/C17H21ClN2O4/c1-2-3-10-23-20-13-6-9-15(19(11-13)17(20)22)16(21)24-14-7-4-12(18)5-8-14/h4-5,7-8,13,15H,2-3,6,9-11H2,1H3/t13-,15-/m0/s1. The molecular formula is C17H21ClN2O4. The van der Waals surface area contributed by atoms with E-state index in [0.29, 0.717) is 30.3 Å². The molecule has 2 aliphatic rings. The Morgan fingerprint density at radius 3 is 2.75 bits per heavy atom. The average molecular weight is 353 g/mol. The first-order chi connectivity index (χ1) is 11.6. The summed E-state index contributed by atoms with van der Waals surface area (Å²) in [6.45, 7) is 3.09. The van der Waals surface area contributed by atoms with Gasteiger partial charge in [-0.3, -0.25) is 4.84 Å². The van der Waals surface area contributed by atoms with Crippen LogP contribution in [0.5, 0.6) is 5.75 Å². The second kappa shape index (κ2) is 7.40. The molecule has 2 fully saturated rings. The fourth-order valence-electron chi connectivity index (χ4n) is 3.04. The van der Waals surface area contributed by atoms with E-state index in [0.717, 1.165) is 19.3 Å². The highest BCUT2D eigenvalue weighted by atomic mass is 35.5. The Balaban J connectivity index is 1.62. The predicted octanol–water partition coefficient (Wildman–Crippen LogP) is 3.25. The van der Waals surface area contributed by atoms with E-state index in [1.807, 2.05) is 0 Å². The molecular weight excluding hydrogens is 332 g/mol. The van der Waals surface area contributed by atoms with Gasteiger partial charge in [0.1, 0.15) is 11.8 Å². The normalized spacial score (nSPS) is 22.8. The molecule has 0 saturated carbocycles. The van der Waals surface area contributed by atoms with Crippen molar-refractivity contribution in [2.45, 2.75) is 44.7 Å². The molecule has 0 aromatic heterocycles. The van der Waals surface area contributed by atoms with Crippen molar-refractivity contribution in [1.82, 2.24) is 9.96 Å². The highest BCUT2D eigenvalue weighted by Crippen LogP contribution is 2.31. The first-order valence-electron chi connectivity index (χ1n) is 8.30. The monoisotopic (exact) mass is 352 g/mol. The molecule has 2 saturated heterocycles. The highest BCUT2D eigenvalue weighted by molar-refractivity contribution is 6.30. The highest BCUT2D eigenvalue weighted by Gasteiger charge is 2.48. The Morgan fingerprint density at radius 2 is 2.04 bits per heavy atom. The lowest BCUT2D eigenvalue weighted by Gasteiger charge is -2.28. The second-order valence-corrected chi connectivity index (χ2v) is 6.51. The lowest BCUT2D eigenvalue weighted by molar-refractivity contribution is -0.140. The van der Waals surface area contributed by atoms with E-state index in [4.69, 9.17) is 21.2 Å². The molecule has 0 N–H and O–H groups in total. The van der Waals surface area contributed by atoms with Gasteiger partial charge in [-0.2, -0.15) is 5.06 Å². The molecule has 6 nitrogen and oxygen atoms in total. The number of unbranched alkanes of at least 4 members (excludes halogenated alkanes) is 1. The topological polar surface area (TPSA) is 59.1 Å². The first-order valence-corrected chi connectivity index (χ1v) is 8.68. The van der Waals surface area contributed by atoms with Gasteiger partial charge in [-0.1, -0.05) is 24.9 Å². The Bertz CT molecular complexity index is 607. The zero-order chi connectivity index (χ0) is 17.1. The van der Waals surface area contributed by atoms with Gasteiger partial charge in [-0.05, 0) is 43.5 Å². The number of esters is 1. The van der Waals surface area contributed by atoms with E-state index in [9.17, 15) is 9.59 Å². The predicted molar refractivity (Wildman–Crippen MR) is 88.7 cm³/mol. The molecule has 2 bridgehead atoms. The summed E-state index contributed by atoms with van der Waals surface area (Å²) >= 11 is 5.82. The van der Waals surface area contributed by atoms with Crippen LogP contribution < -0.4 is 4.74 Å². The van der Waals surface area contributed by atoms with Crippen LogP contribution in [0.25, 0.3) is 0 Å². The number of halogens is 1. The van der Waals surface area contributed by atoms with Gasteiger partial charge in [0.2, 0.25) is 0 Å². The van der Waals surface area contributed by atoms with E-state index in [1.54, 1.807) is 29.2 Å². The largest absolute Gasteiger partial charge is 0.425 e. The molecule has 2 amide bonds. The van der Waals surface area contributed by atoms with Gasteiger partial charge >= 0.3 is 12.0 Å². The molecule has 0 aliphatic carbocycles. The summed E-state index contributed by atoms with van der Waals surface area (Å²) in [5.41, 5.74) is 0. The molecule has 0 spiro atoms. The summed E-state index contributed by atoms with van der Waals surface area (Å²) in [6.07, 6.45) is 3.22. The average Bonchev–Trinajstić information content (AvgIpc) is 2.82. The molecule has 2 atom stereocenters. The van der Waals surface area contributed by atoms with Gasteiger partial charge in [-0.15, -0.1) is 0 Å². The van der Waals surface area contributed by atoms with Crippen molar-refractivity contribution in [3.63, 3.8) is 0 Å². The van der Waals surface area contributed by atoms with Crippen molar-refractivity contribution in [2.75, 3.05) is 13.2 Å². The third kappa shape index (κ3) is 3.49. The Morgan fingerprint density at radius 1 is 1.29 bits per heavy atom. The third-order valence-electron chi connectivity index (χ3n) is 4.36. The minimum atomic E-state index is -0.566. The number of nitrogens with zero attached hydrogens (tertiary/aromatic N) is 2. The number of piperidine rings is 1. The third-order valence-corrected chi connectivity index (χ3v) is 4.61. The van der Waals surface area contributed by atoms with E-state index in [2.05, 4.69) is 6.92 Å². The van der Waals surface area contributed by atoms with Crippen LogP contribution in [0.4, 0.5) is 4.79 Å². The smallest absolute Gasteiger partial charge is 0.345 e. The molecule has 24 heavy (non-hydrogen) atoms. The minimum absolute atomic E-state index is 0.0222. The Kier molecular flexibility index (Phi) is 5.26. The van der Waals surface area contributed by atoms with Crippen LogP contribution in [0.2, 0.25) is 5.02 Å². The number of urea groups is 1. The number of rotatable bonds is 6. The molecule has 130 valence electrons. The van der Waals surface area contributed by atoms with Crippen LogP contribution in [0.3, 0.4) is 0 Å². The number of benzene rings is 1. The summed E-state index contributed by atoms with van der Waals surface area (Å²) in [6, 6.07) is 5.80. The fraction of sp³-hybridized carbons (Fsp3) is 0.529. The molecule has 1 aromatic rings. The van der Waals surface area contributed by atoms with Crippen LogP contribution in [-0.2, 0) is 9.63 Å². The van der Waals surface area contributed by atoms with Crippen molar-refractivity contribution in [3.05, 3.63) is 29.3 Å². The number of hydrogen-bond acceptors (Lipinski definition) is 4. The molecule has 0 radical (unpaired) electrons. The number of fused-ring (bicyclic) bond motifs is 2. The molecule has 2 heterocycles. The number of hydrogen-bond donors (Lipinski definition) is 0. The van der Waals surface area contributed by atoms with Crippen LogP contribution >= 0.6 is 11.6 Å². The van der Waals surface area contributed by atoms with Crippen molar-refractivity contribution in [2.24, 2.45) is 0 Å². The molecule has 1 aromatic carbocycles. The van der Waals surface area contributed by atoms with Crippen LogP contribution in [0.1, 0.15) is 32.6 Å². The van der Waals surface area contributed by atoms with E-state index in [1.165, 1.54) is 5.06 Å². The zero-order valence-electron chi connectivity index (χ0n) is 13.6. The lowest BCUT2D eigenvalue weighted by atomic mass is 10.0. The van der Waals surface area contributed by atoms with Crippen LogP contribution in [0.15, 0.2) is 24.3 Å². The quantitative estimate of drug-likeness (QED) is 0.448. The van der Waals surface area contributed by atoms with Gasteiger partial charge in [0.15, 0.2) is 0 Å². The Labute approximate surface area is 146 Å². The molecule has 0 unspecified atom stereocenters. The first kappa shape index (κ1) is 17.0. The van der Waals surface area contributed by atoms with Gasteiger partial charge in [-0.25, -0.2) is 9.59 Å². The van der Waals surface area contributed by atoms with Crippen molar-refractivity contribution < 1.29 is 19.2 Å². The molecule has 7 heteroatoms. The Hall–Kier alpha value is -1.79. The number of hydroxylamine groups is 2. The lowest BCUT2D eigenvalue weighted by Crippen LogP contribution is -2.46. The maximum absolute atomic E-state index is 12.5. The fourth-order valence-corrected chi connectivity index (χ4v) is 3.16. The SMILES string of the molecule is CCCCON1C(=O)N2C[C@@H]1CC[C@H]2C(=O)Oc1ccc(Cl)cc1. The summed E-state index contributed by atoms with van der Waals surface area (Å²) in [5, 5.41) is 2.01. The summed E-state index contributed by atoms with van der Waals surface area (Å²) < 4.78 is 5.39. The van der Waals surface area contributed by atoms with Crippen molar-refractivity contribution in [3.8, 4) is 5.75 Å². The zero-order valence-corrected chi connectivity index (χ0v) is 14.4. The number of ether oxygens (including phenoxy) is 1. The van der Waals surface area contributed by atoms with E-state index >= 15 is 0 Å². The maximum atomic E-state index is 12.5. The number of carbonyl (C=O) groups is 2. The number of carbonyl (C=O) groups excluding carboxylic acids is 2. The minimum Gasteiger partial charge on any atom is -0.425 e. The van der Waals surface area contributed by atoms with Crippen molar-refractivity contribution >= 4 is 23.6 Å². The maximum Gasteiger partial charge on any atom is 0.345 e. The summed E-state index contributed by atoms with van der Waals surface area (Å²) in [5.74, 6) is 0.00810. The van der Waals surface area contributed by atoms with E-state index in [-0.39, 0.29) is 12.1 Å².